The number of ether oxygens (including phenoxy) is 3. The maximum atomic E-state index is 5.55. The van der Waals surface area contributed by atoms with Crippen molar-refractivity contribution in [3.8, 4) is 5.75 Å². The highest BCUT2D eigenvalue weighted by molar-refractivity contribution is 5.44. The van der Waals surface area contributed by atoms with Crippen LogP contribution in [0.5, 0.6) is 5.75 Å². The highest BCUT2D eigenvalue weighted by atomic mass is 16.7. The van der Waals surface area contributed by atoms with Crippen LogP contribution >= 0.6 is 0 Å². The van der Waals surface area contributed by atoms with Crippen molar-refractivity contribution in [2.75, 3.05) is 19.8 Å². The maximum absolute atomic E-state index is 5.55. The first kappa shape index (κ1) is 11.4. The molecule has 1 aromatic carbocycles. The summed E-state index contributed by atoms with van der Waals surface area (Å²) in [6.07, 6.45) is -0.200. The molecule has 0 radical (unpaired) electrons. The highest BCUT2D eigenvalue weighted by Gasteiger charge is 2.21. The molecule has 1 fully saturated rings. The number of benzene rings is 1. The predicted octanol–water partition coefficient (Wildman–Crippen LogP) is 2.75. The van der Waals surface area contributed by atoms with Gasteiger partial charge in [-0.1, -0.05) is 0 Å². The van der Waals surface area contributed by atoms with E-state index < -0.39 is 0 Å². The number of hydrogen-bond donors (Lipinski definition) is 0. The molecule has 1 aromatic rings. The van der Waals surface area contributed by atoms with E-state index in [4.69, 9.17) is 14.2 Å². The van der Waals surface area contributed by atoms with E-state index in [0.29, 0.717) is 19.8 Å². The summed E-state index contributed by atoms with van der Waals surface area (Å²) in [5.41, 5.74) is 3.47. The zero-order chi connectivity index (χ0) is 11.5. The standard InChI is InChI=1S/C13H18O3/c1-4-14-12-6-5-11(9(2)10(12)3)13-15-7-8-16-13/h5-6,13H,4,7-8H2,1-3H3. The van der Waals surface area contributed by atoms with E-state index in [1.807, 2.05) is 19.1 Å². The molecule has 3 heteroatoms. The fourth-order valence-corrected chi connectivity index (χ4v) is 1.92. The van der Waals surface area contributed by atoms with E-state index in [9.17, 15) is 0 Å². The first-order valence-corrected chi connectivity index (χ1v) is 5.70. The van der Waals surface area contributed by atoms with Crippen LogP contribution in [-0.4, -0.2) is 19.8 Å². The van der Waals surface area contributed by atoms with Gasteiger partial charge in [-0.3, -0.25) is 0 Å². The van der Waals surface area contributed by atoms with Gasteiger partial charge in [0.2, 0.25) is 0 Å². The first-order chi connectivity index (χ1) is 7.74. The molecule has 0 saturated carbocycles. The van der Waals surface area contributed by atoms with E-state index in [2.05, 4.69) is 13.8 Å². The third-order valence-corrected chi connectivity index (χ3v) is 2.95. The zero-order valence-corrected chi connectivity index (χ0v) is 10.1. The van der Waals surface area contributed by atoms with Crippen molar-refractivity contribution < 1.29 is 14.2 Å². The molecule has 0 spiro atoms. The third kappa shape index (κ3) is 2.06. The summed E-state index contributed by atoms with van der Waals surface area (Å²) in [5, 5.41) is 0. The van der Waals surface area contributed by atoms with E-state index in [-0.39, 0.29) is 6.29 Å². The van der Waals surface area contributed by atoms with E-state index in [0.717, 1.165) is 11.3 Å². The van der Waals surface area contributed by atoms with Crippen molar-refractivity contribution in [2.45, 2.75) is 27.1 Å². The minimum atomic E-state index is -0.200. The highest BCUT2D eigenvalue weighted by Crippen LogP contribution is 2.31. The van der Waals surface area contributed by atoms with E-state index in [1.165, 1.54) is 11.1 Å². The lowest BCUT2D eigenvalue weighted by molar-refractivity contribution is -0.0446. The average molecular weight is 222 g/mol. The molecule has 0 bridgehead atoms. The molecule has 0 atom stereocenters. The summed E-state index contributed by atoms with van der Waals surface area (Å²) in [6.45, 7) is 8.19. The van der Waals surface area contributed by atoms with Gasteiger partial charge in [-0.05, 0) is 44.0 Å². The van der Waals surface area contributed by atoms with Crippen molar-refractivity contribution >= 4 is 0 Å². The van der Waals surface area contributed by atoms with Crippen LogP contribution in [0.15, 0.2) is 12.1 Å². The number of rotatable bonds is 3. The molecule has 16 heavy (non-hydrogen) atoms. The second-order valence-electron chi connectivity index (χ2n) is 3.91. The minimum absolute atomic E-state index is 0.200. The lowest BCUT2D eigenvalue weighted by Gasteiger charge is -2.16. The fraction of sp³-hybridized carbons (Fsp3) is 0.538. The Hall–Kier alpha value is -1.06. The quantitative estimate of drug-likeness (QED) is 0.787. The maximum Gasteiger partial charge on any atom is 0.184 e. The normalized spacial score (nSPS) is 16.7. The molecule has 0 aromatic heterocycles. The molecule has 1 heterocycles. The van der Waals surface area contributed by atoms with Crippen molar-refractivity contribution in [3.63, 3.8) is 0 Å². The molecule has 1 aliphatic heterocycles. The van der Waals surface area contributed by atoms with Crippen molar-refractivity contribution in [3.05, 3.63) is 28.8 Å². The van der Waals surface area contributed by atoms with Crippen LogP contribution in [0.3, 0.4) is 0 Å². The topological polar surface area (TPSA) is 27.7 Å². The largest absolute Gasteiger partial charge is 0.494 e. The van der Waals surface area contributed by atoms with Gasteiger partial charge >= 0.3 is 0 Å². The lowest BCUT2D eigenvalue weighted by atomic mass is 10.0. The first-order valence-electron chi connectivity index (χ1n) is 5.70. The Kier molecular flexibility index (Phi) is 3.46. The molecule has 0 unspecified atom stereocenters. The molecular formula is C13H18O3. The van der Waals surface area contributed by atoms with Crippen LogP contribution in [0.4, 0.5) is 0 Å². The Labute approximate surface area is 96.3 Å². The zero-order valence-electron chi connectivity index (χ0n) is 10.1. The smallest absolute Gasteiger partial charge is 0.184 e. The number of hydrogen-bond acceptors (Lipinski definition) is 3. The fourth-order valence-electron chi connectivity index (χ4n) is 1.92. The van der Waals surface area contributed by atoms with E-state index in [1.54, 1.807) is 0 Å². The summed E-state index contributed by atoms with van der Waals surface area (Å²) >= 11 is 0. The summed E-state index contributed by atoms with van der Waals surface area (Å²) in [7, 11) is 0. The second-order valence-corrected chi connectivity index (χ2v) is 3.91. The Balaban J connectivity index is 2.30. The van der Waals surface area contributed by atoms with Gasteiger partial charge < -0.3 is 14.2 Å². The van der Waals surface area contributed by atoms with Crippen LogP contribution in [0.1, 0.15) is 29.9 Å². The monoisotopic (exact) mass is 222 g/mol. The van der Waals surface area contributed by atoms with Gasteiger partial charge in [-0.15, -0.1) is 0 Å². The minimum Gasteiger partial charge on any atom is -0.494 e. The van der Waals surface area contributed by atoms with Gasteiger partial charge in [0, 0.05) is 5.56 Å². The van der Waals surface area contributed by atoms with Gasteiger partial charge in [0.1, 0.15) is 5.75 Å². The Morgan fingerprint density at radius 2 is 1.88 bits per heavy atom. The summed E-state index contributed by atoms with van der Waals surface area (Å²) in [4.78, 5) is 0. The van der Waals surface area contributed by atoms with Gasteiger partial charge in [-0.25, -0.2) is 0 Å². The summed E-state index contributed by atoms with van der Waals surface area (Å²) in [6, 6.07) is 4.02. The predicted molar refractivity (Wildman–Crippen MR) is 61.7 cm³/mol. The Morgan fingerprint density at radius 1 is 1.19 bits per heavy atom. The average Bonchev–Trinajstić information content (AvgIpc) is 2.79. The van der Waals surface area contributed by atoms with Crippen LogP contribution < -0.4 is 4.74 Å². The van der Waals surface area contributed by atoms with Gasteiger partial charge in [0.05, 0.1) is 19.8 Å². The molecule has 1 aliphatic rings. The lowest BCUT2D eigenvalue weighted by Crippen LogP contribution is -2.04. The van der Waals surface area contributed by atoms with Gasteiger partial charge in [0.15, 0.2) is 6.29 Å². The molecule has 0 amide bonds. The summed E-state index contributed by atoms with van der Waals surface area (Å²) < 4.78 is 16.6. The van der Waals surface area contributed by atoms with Crippen LogP contribution in [0.2, 0.25) is 0 Å². The van der Waals surface area contributed by atoms with Crippen molar-refractivity contribution in [1.29, 1.82) is 0 Å². The van der Waals surface area contributed by atoms with Crippen molar-refractivity contribution in [1.82, 2.24) is 0 Å². The molecule has 0 aliphatic carbocycles. The van der Waals surface area contributed by atoms with Gasteiger partial charge in [0.25, 0.3) is 0 Å². The second kappa shape index (κ2) is 4.85. The van der Waals surface area contributed by atoms with Crippen LogP contribution in [-0.2, 0) is 9.47 Å². The molecular weight excluding hydrogens is 204 g/mol. The third-order valence-electron chi connectivity index (χ3n) is 2.95. The molecule has 3 nitrogen and oxygen atoms in total. The Morgan fingerprint density at radius 3 is 2.50 bits per heavy atom. The van der Waals surface area contributed by atoms with E-state index >= 15 is 0 Å². The van der Waals surface area contributed by atoms with Crippen LogP contribution in [0, 0.1) is 13.8 Å². The van der Waals surface area contributed by atoms with Gasteiger partial charge in [-0.2, -0.15) is 0 Å². The molecule has 0 N–H and O–H groups in total. The van der Waals surface area contributed by atoms with Crippen molar-refractivity contribution in [2.24, 2.45) is 0 Å². The molecule has 2 rings (SSSR count). The molecule has 1 saturated heterocycles. The SMILES string of the molecule is CCOc1ccc(C2OCCO2)c(C)c1C. The Bertz CT molecular complexity index is 368. The van der Waals surface area contributed by atoms with Crippen LogP contribution in [0.25, 0.3) is 0 Å². The summed E-state index contributed by atoms with van der Waals surface area (Å²) in [5.74, 6) is 0.946. The molecule has 88 valence electrons.